The molecule has 3 amide bonds. The number of aryl methyl sites for hydroxylation is 1. The molecule has 2 bridgehead atoms. The topological polar surface area (TPSA) is 83.6 Å². The smallest absolute Gasteiger partial charge is 0.234 e. The second kappa shape index (κ2) is 8.87. The second-order valence-electron chi connectivity index (χ2n) is 11.2. The SMILES string of the molecule is Cc1ccc2c(c1)C(=O)c1cc(NC(=O)C[C@@H](c3ccccc3)N3C(=O)[C@@H]4[C@H](C3=O)[C@H]3C=C[C@H]4CC3)ccc1-2. The van der Waals surface area contributed by atoms with E-state index in [4.69, 9.17) is 0 Å². The third-order valence-corrected chi connectivity index (χ3v) is 8.93. The van der Waals surface area contributed by atoms with Gasteiger partial charge in [-0.15, -0.1) is 0 Å². The number of fused-ring (bicyclic) bond motifs is 4. The molecule has 6 nitrogen and oxygen atoms in total. The Morgan fingerprint density at radius 3 is 2.08 bits per heavy atom. The van der Waals surface area contributed by atoms with Gasteiger partial charge in [-0.1, -0.05) is 66.2 Å². The first kappa shape index (κ1) is 23.8. The maximum absolute atomic E-state index is 13.7. The summed E-state index contributed by atoms with van der Waals surface area (Å²) < 4.78 is 0. The maximum atomic E-state index is 13.7. The Morgan fingerprint density at radius 1 is 0.821 bits per heavy atom. The number of carbonyl (C=O) groups excluding carboxylic acids is 4. The summed E-state index contributed by atoms with van der Waals surface area (Å²) in [5.41, 5.74) is 5.28. The summed E-state index contributed by atoms with van der Waals surface area (Å²) in [6, 6.07) is 19.8. The fraction of sp³-hybridized carbons (Fsp3) is 0.273. The molecule has 0 radical (unpaired) electrons. The first-order valence-electron chi connectivity index (χ1n) is 13.6. The number of benzene rings is 3. The summed E-state index contributed by atoms with van der Waals surface area (Å²) in [5.74, 6) is -1.19. The van der Waals surface area contributed by atoms with Crippen molar-refractivity contribution in [2.45, 2.75) is 32.2 Å². The first-order chi connectivity index (χ1) is 18.9. The summed E-state index contributed by atoms with van der Waals surface area (Å²) in [6.07, 6.45) is 5.98. The molecule has 8 rings (SSSR count). The third kappa shape index (κ3) is 3.69. The lowest BCUT2D eigenvalue weighted by atomic mass is 9.63. The Labute approximate surface area is 226 Å². The number of rotatable bonds is 5. The van der Waals surface area contributed by atoms with Crippen LogP contribution >= 0.6 is 0 Å². The molecular formula is C33H28N2O4. The molecule has 1 saturated carbocycles. The fourth-order valence-electron chi connectivity index (χ4n) is 7.10. The number of imide groups is 1. The van der Waals surface area contributed by atoms with Crippen LogP contribution in [0.5, 0.6) is 0 Å². The molecule has 4 aliphatic carbocycles. The van der Waals surface area contributed by atoms with Crippen molar-refractivity contribution in [1.82, 2.24) is 4.90 Å². The Kier molecular flexibility index (Phi) is 5.41. The molecule has 0 aromatic heterocycles. The lowest BCUT2D eigenvalue weighted by molar-refractivity contribution is -0.143. The van der Waals surface area contributed by atoms with Crippen LogP contribution in [0.2, 0.25) is 0 Å². The number of amides is 3. The molecule has 3 aromatic carbocycles. The van der Waals surface area contributed by atoms with E-state index in [2.05, 4.69) is 17.5 Å². The van der Waals surface area contributed by atoms with Gasteiger partial charge in [0.15, 0.2) is 5.78 Å². The van der Waals surface area contributed by atoms with E-state index in [-0.39, 0.29) is 53.6 Å². The standard InChI is InChI=1S/C33H28N2O4/c1-18-7-13-23-24-14-12-22(16-26(24)31(37)25(23)15-18)34-28(36)17-27(19-5-3-2-4-6-19)35-32(38)29-20-8-9-21(11-10-20)30(29)33(35)39/h2-9,12-16,20-21,27,29-30H,10-11,17H2,1H3,(H,34,36)/t20-,21-,27-,29-,30+/m0/s1. The quantitative estimate of drug-likeness (QED) is 0.282. The molecule has 5 aliphatic rings. The predicted octanol–water partition coefficient (Wildman–Crippen LogP) is 5.47. The third-order valence-electron chi connectivity index (χ3n) is 8.93. The minimum absolute atomic E-state index is 0.0546. The van der Waals surface area contributed by atoms with Crippen molar-refractivity contribution in [2.24, 2.45) is 23.7 Å². The van der Waals surface area contributed by atoms with Gasteiger partial charge >= 0.3 is 0 Å². The van der Waals surface area contributed by atoms with Gasteiger partial charge in [-0.05, 0) is 66.5 Å². The van der Waals surface area contributed by atoms with Gasteiger partial charge in [0, 0.05) is 16.8 Å². The highest BCUT2D eigenvalue weighted by Gasteiger charge is 2.58. The van der Waals surface area contributed by atoms with Crippen molar-refractivity contribution in [2.75, 3.05) is 5.32 Å². The number of carbonyl (C=O) groups is 4. The van der Waals surface area contributed by atoms with Gasteiger partial charge in [0.25, 0.3) is 0 Å². The van der Waals surface area contributed by atoms with Crippen LogP contribution in [0.3, 0.4) is 0 Å². The summed E-state index contributed by atoms with van der Waals surface area (Å²) in [6.45, 7) is 1.96. The van der Waals surface area contributed by atoms with E-state index in [1.165, 1.54) is 4.90 Å². The van der Waals surface area contributed by atoms with E-state index in [0.717, 1.165) is 35.1 Å². The maximum Gasteiger partial charge on any atom is 0.234 e. The van der Waals surface area contributed by atoms with Crippen molar-refractivity contribution in [3.8, 4) is 11.1 Å². The Hall–Kier alpha value is -4.32. The van der Waals surface area contributed by atoms with Crippen LogP contribution in [0, 0.1) is 30.6 Å². The summed E-state index contributed by atoms with van der Waals surface area (Å²) in [5, 5.41) is 2.92. The van der Waals surface area contributed by atoms with Gasteiger partial charge in [-0.2, -0.15) is 0 Å². The fourth-order valence-corrected chi connectivity index (χ4v) is 7.10. The molecule has 0 unspecified atom stereocenters. The zero-order chi connectivity index (χ0) is 26.8. The number of anilines is 1. The van der Waals surface area contributed by atoms with Crippen LogP contribution in [-0.2, 0) is 14.4 Å². The van der Waals surface area contributed by atoms with Crippen molar-refractivity contribution in [3.63, 3.8) is 0 Å². The molecule has 5 atom stereocenters. The lowest BCUT2D eigenvalue weighted by Crippen LogP contribution is -2.38. The zero-order valence-corrected chi connectivity index (χ0v) is 21.6. The van der Waals surface area contributed by atoms with Crippen LogP contribution in [0.25, 0.3) is 11.1 Å². The van der Waals surface area contributed by atoms with Gasteiger partial charge < -0.3 is 5.32 Å². The van der Waals surface area contributed by atoms with Gasteiger partial charge in [0.2, 0.25) is 17.7 Å². The molecule has 1 saturated heterocycles. The van der Waals surface area contributed by atoms with Crippen LogP contribution in [0.15, 0.2) is 78.9 Å². The van der Waals surface area contributed by atoms with Crippen molar-refractivity contribution in [3.05, 3.63) is 101 Å². The molecule has 194 valence electrons. The van der Waals surface area contributed by atoms with Crippen LogP contribution in [0.4, 0.5) is 5.69 Å². The van der Waals surface area contributed by atoms with Crippen LogP contribution < -0.4 is 5.32 Å². The largest absolute Gasteiger partial charge is 0.326 e. The molecule has 3 aromatic rings. The molecular weight excluding hydrogens is 488 g/mol. The van der Waals surface area contributed by atoms with Gasteiger partial charge in [0.1, 0.15) is 0 Å². The van der Waals surface area contributed by atoms with E-state index in [1.807, 2.05) is 61.5 Å². The number of hydrogen-bond donors (Lipinski definition) is 1. The Bertz CT molecular complexity index is 1560. The second-order valence-corrected chi connectivity index (χ2v) is 11.2. The first-order valence-corrected chi connectivity index (χ1v) is 13.6. The van der Waals surface area contributed by atoms with E-state index in [0.29, 0.717) is 16.8 Å². The van der Waals surface area contributed by atoms with Gasteiger partial charge in [-0.25, -0.2) is 0 Å². The monoisotopic (exact) mass is 516 g/mol. The lowest BCUT2D eigenvalue weighted by Gasteiger charge is -2.38. The molecule has 1 aliphatic heterocycles. The van der Waals surface area contributed by atoms with Crippen LogP contribution in [-0.4, -0.2) is 28.4 Å². The van der Waals surface area contributed by atoms with Crippen molar-refractivity contribution in [1.29, 1.82) is 0 Å². The van der Waals surface area contributed by atoms with E-state index >= 15 is 0 Å². The number of hydrogen-bond acceptors (Lipinski definition) is 4. The van der Waals surface area contributed by atoms with Crippen LogP contribution in [0.1, 0.15) is 52.4 Å². The summed E-state index contributed by atoms with van der Waals surface area (Å²) in [7, 11) is 0. The minimum Gasteiger partial charge on any atom is -0.326 e. The van der Waals surface area contributed by atoms with Gasteiger partial charge in [0.05, 0.1) is 24.3 Å². The molecule has 6 heteroatoms. The van der Waals surface area contributed by atoms with Crippen molar-refractivity contribution < 1.29 is 19.2 Å². The zero-order valence-electron chi connectivity index (χ0n) is 21.6. The highest BCUT2D eigenvalue weighted by Crippen LogP contribution is 2.51. The van der Waals surface area contributed by atoms with Crippen molar-refractivity contribution >= 4 is 29.2 Å². The Morgan fingerprint density at radius 2 is 1.44 bits per heavy atom. The number of nitrogens with one attached hydrogen (secondary N) is 1. The summed E-state index contributed by atoms with van der Waals surface area (Å²) >= 11 is 0. The number of ketones is 1. The summed E-state index contributed by atoms with van der Waals surface area (Å²) in [4.78, 5) is 55.2. The molecule has 39 heavy (non-hydrogen) atoms. The number of nitrogens with zero attached hydrogens (tertiary/aromatic N) is 1. The molecule has 0 spiro atoms. The highest BCUT2D eigenvalue weighted by molar-refractivity contribution is 6.22. The molecule has 2 fully saturated rings. The minimum atomic E-state index is -0.695. The normalized spacial score (nSPS) is 24.9. The Balaban J connectivity index is 1.16. The average molecular weight is 517 g/mol. The van der Waals surface area contributed by atoms with E-state index < -0.39 is 6.04 Å². The molecule has 1 heterocycles. The van der Waals surface area contributed by atoms with E-state index in [9.17, 15) is 19.2 Å². The highest BCUT2D eigenvalue weighted by atomic mass is 16.2. The predicted molar refractivity (Wildman–Crippen MR) is 147 cm³/mol. The van der Waals surface area contributed by atoms with Gasteiger partial charge in [-0.3, -0.25) is 24.1 Å². The molecule has 1 N–H and O–H groups in total. The number of likely N-dealkylation sites (tertiary alicyclic amines) is 1. The average Bonchev–Trinajstić information content (AvgIpc) is 3.39. The number of allylic oxidation sites excluding steroid dienone is 2. The van der Waals surface area contributed by atoms with E-state index in [1.54, 1.807) is 12.1 Å².